The molecule has 0 unspecified atom stereocenters. The SMILES string of the molecule is CCCC[C@H](N[C@H](CO[Si](C)(C)C)C(C)C)c1ccccn1. The van der Waals surface area contributed by atoms with Gasteiger partial charge in [-0.2, -0.15) is 0 Å². The summed E-state index contributed by atoms with van der Waals surface area (Å²) < 4.78 is 6.15. The van der Waals surface area contributed by atoms with Crippen LogP contribution in [0.5, 0.6) is 0 Å². The Morgan fingerprint density at radius 1 is 1.23 bits per heavy atom. The van der Waals surface area contributed by atoms with Crippen LogP contribution >= 0.6 is 0 Å². The minimum absolute atomic E-state index is 0.318. The number of hydrogen-bond donors (Lipinski definition) is 1. The maximum atomic E-state index is 6.15. The Bertz CT molecular complexity index is 403. The molecule has 0 radical (unpaired) electrons. The molecule has 1 rings (SSSR count). The predicted molar refractivity (Wildman–Crippen MR) is 97.6 cm³/mol. The zero-order valence-electron chi connectivity index (χ0n) is 15.2. The van der Waals surface area contributed by atoms with Gasteiger partial charge in [0, 0.05) is 24.9 Å². The molecule has 0 aliphatic rings. The fourth-order valence-electron chi connectivity index (χ4n) is 2.34. The number of unbranched alkanes of at least 4 members (excludes halogenated alkanes) is 1. The van der Waals surface area contributed by atoms with E-state index >= 15 is 0 Å². The third kappa shape index (κ3) is 7.52. The van der Waals surface area contributed by atoms with Gasteiger partial charge in [0.25, 0.3) is 0 Å². The van der Waals surface area contributed by atoms with E-state index in [1.807, 2.05) is 12.3 Å². The first kappa shape index (κ1) is 19.3. The van der Waals surface area contributed by atoms with Crippen LogP contribution in [0.2, 0.25) is 19.6 Å². The highest BCUT2D eigenvalue weighted by atomic mass is 28.4. The van der Waals surface area contributed by atoms with Crippen molar-refractivity contribution in [3.63, 3.8) is 0 Å². The van der Waals surface area contributed by atoms with Gasteiger partial charge in [-0.25, -0.2) is 0 Å². The molecule has 0 fully saturated rings. The summed E-state index contributed by atoms with van der Waals surface area (Å²) in [7, 11) is -1.48. The average Bonchev–Trinajstić information content (AvgIpc) is 2.46. The fraction of sp³-hybridized carbons (Fsp3) is 0.722. The molecule has 0 saturated heterocycles. The summed E-state index contributed by atoms with van der Waals surface area (Å²) in [6.45, 7) is 14.3. The van der Waals surface area contributed by atoms with Crippen molar-refractivity contribution in [1.82, 2.24) is 10.3 Å². The second-order valence-corrected chi connectivity index (χ2v) is 11.9. The molecule has 0 saturated carbocycles. The molecule has 2 atom stereocenters. The Kier molecular flexibility index (Phi) is 8.29. The molecule has 0 aliphatic heterocycles. The second-order valence-electron chi connectivity index (χ2n) is 7.39. The molecule has 0 bridgehead atoms. The van der Waals surface area contributed by atoms with Gasteiger partial charge in [-0.3, -0.25) is 4.98 Å². The predicted octanol–water partition coefficient (Wildman–Crippen LogP) is 4.78. The van der Waals surface area contributed by atoms with Crippen molar-refractivity contribution in [1.29, 1.82) is 0 Å². The van der Waals surface area contributed by atoms with Crippen LogP contribution in [0.3, 0.4) is 0 Å². The molecule has 1 aromatic rings. The molecular weight excluding hydrogens is 288 g/mol. The summed E-state index contributed by atoms with van der Waals surface area (Å²) >= 11 is 0. The summed E-state index contributed by atoms with van der Waals surface area (Å²) in [5, 5.41) is 3.81. The van der Waals surface area contributed by atoms with E-state index in [0.29, 0.717) is 18.0 Å². The molecule has 1 aromatic heterocycles. The molecule has 126 valence electrons. The summed E-state index contributed by atoms with van der Waals surface area (Å²) in [4.78, 5) is 4.56. The van der Waals surface area contributed by atoms with E-state index in [9.17, 15) is 0 Å². The molecule has 22 heavy (non-hydrogen) atoms. The summed E-state index contributed by atoms with van der Waals surface area (Å²) in [6, 6.07) is 6.87. The molecular formula is C18H34N2OSi. The Hall–Kier alpha value is -0.713. The monoisotopic (exact) mass is 322 g/mol. The third-order valence-corrected chi connectivity index (χ3v) is 4.84. The van der Waals surface area contributed by atoms with E-state index in [4.69, 9.17) is 4.43 Å². The smallest absolute Gasteiger partial charge is 0.183 e. The van der Waals surface area contributed by atoms with Crippen LogP contribution in [0.4, 0.5) is 0 Å². The molecule has 0 amide bonds. The molecule has 1 heterocycles. The van der Waals surface area contributed by atoms with Gasteiger partial charge in [0.1, 0.15) is 0 Å². The van der Waals surface area contributed by atoms with E-state index in [0.717, 1.165) is 18.7 Å². The van der Waals surface area contributed by atoms with E-state index in [2.05, 4.69) is 62.8 Å². The summed E-state index contributed by atoms with van der Waals surface area (Å²) in [5.41, 5.74) is 1.15. The first-order valence-corrected chi connectivity index (χ1v) is 12.0. The van der Waals surface area contributed by atoms with Gasteiger partial charge >= 0.3 is 0 Å². The van der Waals surface area contributed by atoms with E-state index < -0.39 is 8.32 Å². The van der Waals surface area contributed by atoms with Gasteiger partial charge in [0.05, 0.1) is 5.69 Å². The second kappa shape index (κ2) is 9.43. The standard InChI is InChI=1S/C18H34N2OSi/c1-7-8-11-17(16-12-9-10-13-19-16)20-18(15(2)3)14-21-22(4,5)6/h9-10,12-13,15,17-18,20H,7-8,11,14H2,1-6H3/t17-,18+/m0/s1. The van der Waals surface area contributed by atoms with Crippen LogP contribution in [0.25, 0.3) is 0 Å². The maximum absolute atomic E-state index is 6.15. The van der Waals surface area contributed by atoms with Gasteiger partial charge in [-0.15, -0.1) is 0 Å². The first-order chi connectivity index (χ1) is 10.3. The minimum atomic E-state index is -1.48. The molecule has 4 heteroatoms. The maximum Gasteiger partial charge on any atom is 0.183 e. The lowest BCUT2D eigenvalue weighted by atomic mass is 10.00. The van der Waals surface area contributed by atoms with Crippen molar-refractivity contribution in [2.45, 2.75) is 71.8 Å². The Labute approximate surface area is 138 Å². The van der Waals surface area contributed by atoms with E-state index in [-0.39, 0.29) is 0 Å². The lowest BCUT2D eigenvalue weighted by molar-refractivity contribution is 0.208. The highest BCUT2D eigenvalue weighted by molar-refractivity contribution is 6.69. The van der Waals surface area contributed by atoms with Crippen molar-refractivity contribution >= 4 is 8.32 Å². The zero-order chi connectivity index (χ0) is 16.6. The Balaban J connectivity index is 2.75. The van der Waals surface area contributed by atoms with Gasteiger partial charge in [0.2, 0.25) is 0 Å². The van der Waals surface area contributed by atoms with Crippen molar-refractivity contribution in [3.05, 3.63) is 30.1 Å². The number of hydrogen-bond acceptors (Lipinski definition) is 3. The van der Waals surface area contributed by atoms with Crippen LogP contribution in [0.15, 0.2) is 24.4 Å². The number of pyridine rings is 1. The topological polar surface area (TPSA) is 34.1 Å². The molecule has 0 aliphatic carbocycles. The van der Waals surface area contributed by atoms with Crippen LogP contribution in [-0.2, 0) is 4.43 Å². The van der Waals surface area contributed by atoms with E-state index in [1.54, 1.807) is 0 Å². The quantitative estimate of drug-likeness (QED) is 0.630. The molecule has 0 spiro atoms. The van der Waals surface area contributed by atoms with E-state index in [1.165, 1.54) is 12.8 Å². The summed E-state index contributed by atoms with van der Waals surface area (Å²) in [6.07, 6.45) is 5.44. The third-order valence-electron chi connectivity index (χ3n) is 3.81. The van der Waals surface area contributed by atoms with Crippen LogP contribution in [-0.4, -0.2) is 26.0 Å². The number of nitrogens with zero attached hydrogens (tertiary/aromatic N) is 1. The normalized spacial score (nSPS) is 15.0. The highest BCUT2D eigenvalue weighted by Crippen LogP contribution is 2.20. The molecule has 0 aromatic carbocycles. The Morgan fingerprint density at radius 3 is 2.45 bits per heavy atom. The first-order valence-electron chi connectivity index (χ1n) is 8.64. The van der Waals surface area contributed by atoms with Gasteiger partial charge in [0.15, 0.2) is 8.32 Å². The van der Waals surface area contributed by atoms with Crippen molar-refractivity contribution in [2.24, 2.45) is 5.92 Å². The van der Waals surface area contributed by atoms with Crippen LogP contribution in [0, 0.1) is 5.92 Å². The highest BCUT2D eigenvalue weighted by Gasteiger charge is 2.23. The Morgan fingerprint density at radius 2 is 1.95 bits per heavy atom. The zero-order valence-corrected chi connectivity index (χ0v) is 16.2. The van der Waals surface area contributed by atoms with Crippen molar-refractivity contribution < 1.29 is 4.43 Å². The molecule has 1 N–H and O–H groups in total. The van der Waals surface area contributed by atoms with Gasteiger partial charge in [-0.05, 0) is 44.1 Å². The average molecular weight is 323 g/mol. The molecule has 3 nitrogen and oxygen atoms in total. The lowest BCUT2D eigenvalue weighted by Crippen LogP contribution is -2.43. The number of nitrogens with one attached hydrogen (secondary N) is 1. The minimum Gasteiger partial charge on any atom is -0.416 e. The fourth-order valence-corrected chi connectivity index (χ4v) is 3.02. The van der Waals surface area contributed by atoms with Crippen molar-refractivity contribution in [3.8, 4) is 0 Å². The lowest BCUT2D eigenvalue weighted by Gasteiger charge is -2.30. The number of aromatic nitrogens is 1. The number of rotatable bonds is 10. The van der Waals surface area contributed by atoms with Gasteiger partial charge < -0.3 is 9.74 Å². The van der Waals surface area contributed by atoms with Crippen LogP contribution in [0.1, 0.15) is 51.8 Å². The largest absolute Gasteiger partial charge is 0.416 e. The van der Waals surface area contributed by atoms with Crippen molar-refractivity contribution in [2.75, 3.05) is 6.61 Å². The van der Waals surface area contributed by atoms with Crippen LogP contribution < -0.4 is 5.32 Å². The van der Waals surface area contributed by atoms with Gasteiger partial charge in [-0.1, -0.05) is 39.7 Å². The summed E-state index contributed by atoms with van der Waals surface area (Å²) in [5.74, 6) is 0.546.